The van der Waals surface area contributed by atoms with Gasteiger partial charge in [-0.25, -0.2) is 0 Å². The fraction of sp³-hybridized carbons (Fsp3) is 0.471. The van der Waals surface area contributed by atoms with E-state index in [9.17, 15) is 0 Å². The van der Waals surface area contributed by atoms with Crippen molar-refractivity contribution < 1.29 is 4.74 Å². The van der Waals surface area contributed by atoms with Crippen molar-refractivity contribution in [3.8, 4) is 5.75 Å². The Kier molecular flexibility index (Phi) is 8.02. The number of benzene rings is 1. The molecule has 116 valence electrons. The molecular weight excluding hydrogens is 262 g/mol. The Morgan fingerprint density at radius 2 is 2.19 bits per heavy atom. The number of aliphatic imine (C=N–C) groups is 1. The Hall–Kier alpha value is -1.97. The quantitative estimate of drug-likeness (QED) is 0.351. The minimum Gasteiger partial charge on any atom is -0.489 e. The summed E-state index contributed by atoms with van der Waals surface area (Å²) in [6, 6.07) is 8.09. The maximum Gasteiger partial charge on any atom is 0.191 e. The van der Waals surface area contributed by atoms with Crippen LogP contribution in [0, 0.1) is 6.92 Å². The molecule has 0 spiro atoms. The predicted octanol–water partition coefficient (Wildman–Crippen LogP) is 2.89. The van der Waals surface area contributed by atoms with Crippen molar-refractivity contribution in [2.24, 2.45) is 4.99 Å². The first-order valence-electron chi connectivity index (χ1n) is 7.44. The van der Waals surface area contributed by atoms with Gasteiger partial charge in [-0.3, -0.25) is 4.99 Å². The van der Waals surface area contributed by atoms with E-state index in [1.165, 1.54) is 5.56 Å². The van der Waals surface area contributed by atoms with E-state index < -0.39 is 0 Å². The Morgan fingerprint density at radius 1 is 1.38 bits per heavy atom. The van der Waals surface area contributed by atoms with Gasteiger partial charge in [-0.15, -0.1) is 0 Å². The third kappa shape index (κ3) is 7.40. The average Bonchev–Trinajstić information content (AvgIpc) is 2.46. The molecule has 0 heterocycles. The number of guanidine groups is 1. The number of aryl methyl sites for hydroxylation is 1. The lowest BCUT2D eigenvalue weighted by Crippen LogP contribution is -2.42. The van der Waals surface area contributed by atoms with Gasteiger partial charge in [-0.1, -0.05) is 24.3 Å². The number of rotatable bonds is 7. The summed E-state index contributed by atoms with van der Waals surface area (Å²) < 4.78 is 5.88. The molecule has 0 radical (unpaired) electrons. The van der Waals surface area contributed by atoms with Crippen molar-refractivity contribution in [3.63, 3.8) is 0 Å². The van der Waals surface area contributed by atoms with Gasteiger partial charge in [-0.05, 0) is 44.9 Å². The van der Waals surface area contributed by atoms with E-state index in [-0.39, 0.29) is 6.10 Å². The normalized spacial score (nSPS) is 13.2. The fourth-order valence-electron chi connectivity index (χ4n) is 1.86. The summed E-state index contributed by atoms with van der Waals surface area (Å²) in [4.78, 5) is 4.19. The van der Waals surface area contributed by atoms with E-state index in [1.54, 1.807) is 7.05 Å². The largest absolute Gasteiger partial charge is 0.489 e. The van der Waals surface area contributed by atoms with E-state index in [1.807, 2.05) is 32.0 Å². The van der Waals surface area contributed by atoms with E-state index in [2.05, 4.69) is 40.8 Å². The van der Waals surface area contributed by atoms with Gasteiger partial charge in [0.25, 0.3) is 0 Å². The molecule has 1 aromatic rings. The molecule has 0 saturated heterocycles. The summed E-state index contributed by atoms with van der Waals surface area (Å²) in [5.74, 6) is 1.71. The molecule has 0 aliphatic rings. The number of hydrogen-bond donors (Lipinski definition) is 2. The van der Waals surface area contributed by atoms with E-state index in [4.69, 9.17) is 4.74 Å². The second kappa shape index (κ2) is 9.86. The van der Waals surface area contributed by atoms with Crippen molar-refractivity contribution in [1.82, 2.24) is 10.6 Å². The van der Waals surface area contributed by atoms with Crippen molar-refractivity contribution in [2.75, 3.05) is 20.1 Å². The SMILES string of the molecule is C/C=C/CCNC(=NC)NCC(C)Oc1cccc(C)c1. The van der Waals surface area contributed by atoms with Crippen LogP contribution in [0.3, 0.4) is 0 Å². The standard InChI is InChI=1S/C17H27N3O/c1-5-6-7-11-19-17(18-4)20-13-15(3)21-16-10-8-9-14(2)12-16/h5-6,8-10,12,15H,7,11,13H2,1-4H3,(H2,18,19,20)/b6-5+. The van der Waals surface area contributed by atoms with Crippen molar-refractivity contribution in [1.29, 1.82) is 0 Å². The van der Waals surface area contributed by atoms with Crippen LogP contribution in [0.5, 0.6) is 5.75 Å². The molecule has 1 unspecified atom stereocenters. The predicted molar refractivity (Wildman–Crippen MR) is 90.1 cm³/mol. The first-order valence-corrected chi connectivity index (χ1v) is 7.44. The average molecular weight is 289 g/mol. The highest BCUT2D eigenvalue weighted by atomic mass is 16.5. The highest BCUT2D eigenvalue weighted by Gasteiger charge is 2.05. The number of ether oxygens (including phenoxy) is 1. The highest BCUT2D eigenvalue weighted by molar-refractivity contribution is 5.79. The smallest absolute Gasteiger partial charge is 0.191 e. The molecule has 0 fully saturated rings. The van der Waals surface area contributed by atoms with Crippen LogP contribution in [-0.4, -0.2) is 32.2 Å². The zero-order valence-corrected chi connectivity index (χ0v) is 13.5. The van der Waals surface area contributed by atoms with Gasteiger partial charge in [0, 0.05) is 13.6 Å². The third-order valence-electron chi connectivity index (χ3n) is 2.95. The van der Waals surface area contributed by atoms with E-state index >= 15 is 0 Å². The van der Waals surface area contributed by atoms with Crippen LogP contribution in [0.25, 0.3) is 0 Å². The maximum atomic E-state index is 5.88. The first kappa shape index (κ1) is 17.1. The molecule has 21 heavy (non-hydrogen) atoms. The summed E-state index contributed by atoms with van der Waals surface area (Å²) >= 11 is 0. The monoisotopic (exact) mass is 289 g/mol. The Morgan fingerprint density at radius 3 is 2.86 bits per heavy atom. The lowest BCUT2D eigenvalue weighted by Gasteiger charge is -2.17. The van der Waals surface area contributed by atoms with Gasteiger partial charge < -0.3 is 15.4 Å². The first-order chi connectivity index (χ1) is 10.2. The Bertz CT molecular complexity index is 469. The summed E-state index contributed by atoms with van der Waals surface area (Å²) in [5, 5.41) is 6.54. The number of allylic oxidation sites excluding steroid dienone is 1. The van der Waals surface area contributed by atoms with Gasteiger partial charge in [0.2, 0.25) is 0 Å². The molecule has 4 heteroatoms. The van der Waals surface area contributed by atoms with E-state index in [0.29, 0.717) is 6.54 Å². The van der Waals surface area contributed by atoms with Gasteiger partial charge in [0.1, 0.15) is 11.9 Å². The summed E-state index contributed by atoms with van der Waals surface area (Å²) in [6.45, 7) is 7.71. The third-order valence-corrected chi connectivity index (χ3v) is 2.95. The lowest BCUT2D eigenvalue weighted by atomic mass is 10.2. The Balaban J connectivity index is 2.32. The van der Waals surface area contributed by atoms with Crippen molar-refractivity contribution >= 4 is 5.96 Å². The fourth-order valence-corrected chi connectivity index (χ4v) is 1.86. The number of hydrogen-bond acceptors (Lipinski definition) is 2. The van der Waals surface area contributed by atoms with Crippen molar-refractivity contribution in [3.05, 3.63) is 42.0 Å². The molecular formula is C17H27N3O. The summed E-state index contributed by atoms with van der Waals surface area (Å²) in [7, 11) is 1.77. The van der Waals surface area contributed by atoms with Gasteiger partial charge >= 0.3 is 0 Å². The second-order valence-corrected chi connectivity index (χ2v) is 4.98. The van der Waals surface area contributed by atoms with Gasteiger partial charge in [-0.2, -0.15) is 0 Å². The topological polar surface area (TPSA) is 45.7 Å². The minimum atomic E-state index is 0.0703. The molecule has 0 bridgehead atoms. The van der Waals surface area contributed by atoms with Crippen LogP contribution in [0.4, 0.5) is 0 Å². The molecule has 0 aliphatic heterocycles. The number of nitrogens with zero attached hydrogens (tertiary/aromatic N) is 1. The van der Waals surface area contributed by atoms with Crippen molar-refractivity contribution in [2.45, 2.75) is 33.3 Å². The van der Waals surface area contributed by atoms with Crippen LogP contribution in [0.1, 0.15) is 25.8 Å². The molecule has 1 atom stereocenters. The molecule has 4 nitrogen and oxygen atoms in total. The molecule has 0 aromatic heterocycles. The van der Waals surface area contributed by atoms with Crippen LogP contribution in [0.2, 0.25) is 0 Å². The van der Waals surface area contributed by atoms with E-state index in [0.717, 1.165) is 24.7 Å². The van der Waals surface area contributed by atoms with Crippen LogP contribution < -0.4 is 15.4 Å². The lowest BCUT2D eigenvalue weighted by molar-refractivity contribution is 0.223. The minimum absolute atomic E-state index is 0.0703. The highest BCUT2D eigenvalue weighted by Crippen LogP contribution is 2.13. The number of nitrogens with one attached hydrogen (secondary N) is 2. The maximum absolute atomic E-state index is 5.88. The molecule has 0 aliphatic carbocycles. The molecule has 0 amide bonds. The van der Waals surface area contributed by atoms with Crippen LogP contribution in [0.15, 0.2) is 41.4 Å². The zero-order chi connectivity index (χ0) is 15.5. The summed E-state index contributed by atoms with van der Waals surface area (Å²) in [6.07, 6.45) is 5.24. The molecule has 1 aromatic carbocycles. The molecule has 0 saturated carbocycles. The molecule has 1 rings (SSSR count). The van der Waals surface area contributed by atoms with Gasteiger partial charge in [0.05, 0.1) is 6.54 Å². The van der Waals surface area contributed by atoms with Gasteiger partial charge in [0.15, 0.2) is 5.96 Å². The Labute approximate surface area is 128 Å². The summed E-state index contributed by atoms with van der Waals surface area (Å²) in [5.41, 5.74) is 1.20. The van der Waals surface area contributed by atoms with Crippen LogP contribution >= 0.6 is 0 Å². The van der Waals surface area contributed by atoms with Crippen LogP contribution in [-0.2, 0) is 0 Å². The zero-order valence-electron chi connectivity index (χ0n) is 13.5. The second-order valence-electron chi connectivity index (χ2n) is 4.98. The molecule has 2 N–H and O–H groups in total.